The lowest BCUT2D eigenvalue weighted by Crippen LogP contribution is -2.03. The van der Waals surface area contributed by atoms with Gasteiger partial charge in [-0.05, 0) is 18.4 Å². The minimum Gasteiger partial charge on any atom is -0.424 e. The normalized spacial score (nSPS) is 9.71. The Balaban J connectivity index is 2.83. The third kappa shape index (κ3) is 2.76. The number of aromatic nitrogens is 1. The van der Waals surface area contributed by atoms with E-state index in [1.807, 2.05) is 30.3 Å². The van der Waals surface area contributed by atoms with Gasteiger partial charge >= 0.3 is 5.97 Å². The number of ether oxygens (including phenoxy) is 1. The molecule has 0 saturated heterocycles. The summed E-state index contributed by atoms with van der Waals surface area (Å²) in [6.45, 7) is 1.31. The van der Waals surface area contributed by atoms with Crippen LogP contribution in [0.25, 0.3) is 10.4 Å². The molecule has 6 heteroatoms. The van der Waals surface area contributed by atoms with E-state index in [2.05, 4.69) is 0 Å². The van der Waals surface area contributed by atoms with E-state index in [0.29, 0.717) is 16.3 Å². The molecule has 0 aliphatic rings. The summed E-state index contributed by atoms with van der Waals surface area (Å²) < 4.78 is 7.02. The first-order chi connectivity index (χ1) is 10.1. The van der Waals surface area contributed by atoms with Gasteiger partial charge in [0.1, 0.15) is 23.4 Å². The van der Waals surface area contributed by atoms with Crippen molar-refractivity contribution < 1.29 is 9.53 Å². The molecule has 2 rings (SSSR count). The van der Waals surface area contributed by atoms with Gasteiger partial charge in [-0.2, -0.15) is 10.5 Å². The van der Waals surface area contributed by atoms with Crippen molar-refractivity contribution in [1.29, 1.82) is 10.5 Å². The number of hydrogen-bond acceptors (Lipinski definition) is 5. The highest BCUT2D eigenvalue weighted by Crippen LogP contribution is 2.37. The fourth-order valence-electron chi connectivity index (χ4n) is 2.00. The highest BCUT2D eigenvalue weighted by Gasteiger charge is 2.20. The van der Waals surface area contributed by atoms with Crippen LogP contribution < -0.4 is 4.74 Å². The van der Waals surface area contributed by atoms with Gasteiger partial charge in [0.25, 0.3) is 0 Å². The van der Waals surface area contributed by atoms with Crippen LogP contribution >= 0.6 is 11.8 Å². The summed E-state index contributed by atoms with van der Waals surface area (Å²) in [7, 11) is 0. The second-order valence-corrected chi connectivity index (χ2v) is 4.89. The number of carbonyl (C=O) groups is 1. The predicted molar refractivity (Wildman–Crippen MR) is 80.4 cm³/mol. The minimum absolute atomic E-state index is 0.0141. The maximum Gasteiger partial charge on any atom is 0.308 e. The number of hydrogen-bond donors (Lipinski definition) is 0. The molecule has 0 spiro atoms. The maximum absolute atomic E-state index is 11.3. The Labute approximate surface area is 126 Å². The number of nitriles is 2. The van der Waals surface area contributed by atoms with Crippen LogP contribution in [0.1, 0.15) is 12.6 Å². The summed E-state index contributed by atoms with van der Waals surface area (Å²) >= 11 is 1.26. The molecule has 0 saturated carbocycles. The zero-order valence-corrected chi connectivity index (χ0v) is 12.3. The molecule has 0 fully saturated rings. The standard InChI is InChI=1S/C15H11N3O2S/c1-10(19)20-13-7-12-5-3-4-6-18(12)14(13)15(21-2)11(8-16)9-17/h3-7H,1-2H3. The third-order valence-electron chi connectivity index (χ3n) is 2.77. The first kappa shape index (κ1) is 14.7. The first-order valence-corrected chi connectivity index (χ1v) is 7.22. The SMILES string of the molecule is CSC(=C(C#N)C#N)c1c(OC(C)=O)cc2ccccn12. The summed E-state index contributed by atoms with van der Waals surface area (Å²) in [4.78, 5) is 11.8. The topological polar surface area (TPSA) is 78.3 Å². The van der Waals surface area contributed by atoms with Gasteiger partial charge in [0.05, 0.1) is 4.91 Å². The molecule has 104 valence electrons. The monoisotopic (exact) mass is 297 g/mol. The Morgan fingerprint density at radius 1 is 1.33 bits per heavy atom. The van der Waals surface area contributed by atoms with Crippen LogP contribution in [0.3, 0.4) is 0 Å². The van der Waals surface area contributed by atoms with Crippen molar-refractivity contribution in [1.82, 2.24) is 4.40 Å². The van der Waals surface area contributed by atoms with Crippen LogP contribution in [0.2, 0.25) is 0 Å². The zero-order valence-electron chi connectivity index (χ0n) is 11.5. The van der Waals surface area contributed by atoms with Gasteiger partial charge < -0.3 is 9.14 Å². The number of thioether (sulfide) groups is 1. The van der Waals surface area contributed by atoms with Crippen molar-refractivity contribution in [2.75, 3.05) is 6.26 Å². The van der Waals surface area contributed by atoms with Gasteiger partial charge in [-0.25, -0.2) is 0 Å². The Bertz CT molecular complexity index is 806. The average molecular weight is 297 g/mol. The van der Waals surface area contributed by atoms with Crippen LogP contribution in [-0.4, -0.2) is 16.6 Å². The highest BCUT2D eigenvalue weighted by molar-refractivity contribution is 8.07. The number of fused-ring (bicyclic) bond motifs is 1. The fraction of sp³-hybridized carbons (Fsp3) is 0.133. The van der Waals surface area contributed by atoms with Crippen molar-refractivity contribution in [3.63, 3.8) is 0 Å². The van der Waals surface area contributed by atoms with Crippen LogP contribution in [0, 0.1) is 22.7 Å². The largest absolute Gasteiger partial charge is 0.424 e. The van der Waals surface area contributed by atoms with E-state index in [9.17, 15) is 4.79 Å². The smallest absolute Gasteiger partial charge is 0.308 e. The average Bonchev–Trinajstić information content (AvgIpc) is 2.81. The molecule has 0 atom stereocenters. The van der Waals surface area contributed by atoms with Crippen molar-refractivity contribution >= 4 is 28.2 Å². The lowest BCUT2D eigenvalue weighted by atomic mass is 10.2. The van der Waals surface area contributed by atoms with E-state index >= 15 is 0 Å². The molecular formula is C15H11N3O2S. The van der Waals surface area contributed by atoms with E-state index in [1.165, 1.54) is 18.7 Å². The lowest BCUT2D eigenvalue weighted by Gasteiger charge is -2.08. The predicted octanol–water partition coefficient (Wildman–Crippen LogP) is 2.99. The van der Waals surface area contributed by atoms with Gasteiger partial charge in [-0.15, -0.1) is 11.8 Å². The molecule has 0 bridgehead atoms. The molecule has 0 N–H and O–H groups in total. The number of pyridine rings is 1. The highest BCUT2D eigenvalue weighted by atomic mass is 32.2. The van der Waals surface area contributed by atoms with Crippen LogP contribution in [0.15, 0.2) is 36.0 Å². The van der Waals surface area contributed by atoms with E-state index in [-0.39, 0.29) is 5.57 Å². The Morgan fingerprint density at radius 3 is 2.62 bits per heavy atom. The van der Waals surface area contributed by atoms with Gasteiger partial charge in [-0.1, -0.05) is 6.07 Å². The number of nitrogens with zero attached hydrogens (tertiary/aromatic N) is 3. The van der Waals surface area contributed by atoms with E-state index in [4.69, 9.17) is 15.3 Å². The molecule has 21 heavy (non-hydrogen) atoms. The van der Waals surface area contributed by atoms with Crippen molar-refractivity contribution in [2.45, 2.75) is 6.92 Å². The number of esters is 1. The molecule has 2 heterocycles. The minimum atomic E-state index is -0.455. The molecule has 2 aromatic rings. The molecule has 0 aromatic carbocycles. The molecular weight excluding hydrogens is 286 g/mol. The fourth-order valence-corrected chi connectivity index (χ4v) is 2.68. The Kier molecular flexibility index (Phi) is 4.32. The molecule has 5 nitrogen and oxygen atoms in total. The van der Waals surface area contributed by atoms with Gasteiger partial charge in [-0.3, -0.25) is 4.79 Å². The van der Waals surface area contributed by atoms with Crippen LogP contribution in [-0.2, 0) is 4.79 Å². The molecule has 2 aromatic heterocycles. The summed E-state index contributed by atoms with van der Waals surface area (Å²) in [6, 6.07) is 11.0. The quantitative estimate of drug-likeness (QED) is 0.643. The molecule has 0 amide bonds. The lowest BCUT2D eigenvalue weighted by molar-refractivity contribution is -0.131. The number of allylic oxidation sites excluding steroid dienone is 1. The molecule has 0 radical (unpaired) electrons. The summed E-state index contributed by atoms with van der Waals surface area (Å²) in [5.41, 5.74) is 1.33. The van der Waals surface area contributed by atoms with Crippen molar-refractivity contribution in [2.24, 2.45) is 0 Å². The van der Waals surface area contributed by atoms with Crippen LogP contribution in [0.5, 0.6) is 5.75 Å². The van der Waals surface area contributed by atoms with E-state index < -0.39 is 5.97 Å². The number of carbonyl (C=O) groups excluding carboxylic acids is 1. The summed E-state index contributed by atoms with van der Waals surface area (Å²) in [6.07, 6.45) is 3.56. The van der Waals surface area contributed by atoms with E-state index in [1.54, 1.807) is 22.9 Å². The third-order valence-corrected chi connectivity index (χ3v) is 3.57. The van der Waals surface area contributed by atoms with Crippen LogP contribution in [0.4, 0.5) is 0 Å². The summed E-state index contributed by atoms with van der Waals surface area (Å²) in [5.74, 6) is -0.121. The number of rotatable bonds is 3. The summed E-state index contributed by atoms with van der Waals surface area (Å²) in [5, 5.41) is 18.2. The molecule has 0 unspecified atom stereocenters. The molecule has 0 aliphatic carbocycles. The van der Waals surface area contributed by atoms with E-state index in [0.717, 1.165) is 5.52 Å². The Morgan fingerprint density at radius 2 is 2.05 bits per heavy atom. The first-order valence-electron chi connectivity index (χ1n) is 5.99. The zero-order chi connectivity index (χ0) is 15.4. The van der Waals surface area contributed by atoms with Gasteiger partial charge in [0.15, 0.2) is 5.75 Å². The maximum atomic E-state index is 11.3. The van der Waals surface area contributed by atoms with Gasteiger partial charge in [0, 0.05) is 24.7 Å². The van der Waals surface area contributed by atoms with Crippen molar-refractivity contribution in [3.8, 4) is 17.9 Å². The second kappa shape index (κ2) is 6.17. The molecule has 0 aliphatic heterocycles. The van der Waals surface area contributed by atoms with Gasteiger partial charge in [0.2, 0.25) is 0 Å². The Hall–Kier alpha value is -2.70. The van der Waals surface area contributed by atoms with Crippen molar-refractivity contribution in [3.05, 3.63) is 41.7 Å². The second-order valence-electron chi connectivity index (χ2n) is 4.08.